The largest absolute Gasteiger partial charge is 0.484 e. The van der Waals surface area contributed by atoms with Gasteiger partial charge in [0, 0.05) is 13.1 Å². The first-order chi connectivity index (χ1) is 9.91. The van der Waals surface area contributed by atoms with Crippen LogP contribution in [0.1, 0.15) is 18.9 Å². The number of hydrogen-bond acceptors (Lipinski definition) is 4. The fourth-order valence-corrected chi connectivity index (χ4v) is 4.16. The molecule has 0 aliphatic carbocycles. The summed E-state index contributed by atoms with van der Waals surface area (Å²) in [7, 11) is -1.35. The molecule has 0 spiro atoms. The predicted octanol–water partition coefficient (Wildman–Crippen LogP) is 1.27. The van der Waals surface area contributed by atoms with Crippen molar-refractivity contribution < 1.29 is 17.9 Å². The Balaban J connectivity index is 1.89. The molecule has 1 aliphatic heterocycles. The maximum absolute atomic E-state index is 12.1. The lowest BCUT2D eigenvalue weighted by Gasteiger charge is -2.23. The van der Waals surface area contributed by atoms with E-state index in [2.05, 4.69) is 6.92 Å². The Morgan fingerprint density at radius 3 is 2.81 bits per heavy atom. The summed E-state index contributed by atoms with van der Waals surface area (Å²) in [6.45, 7) is 1.98. The van der Waals surface area contributed by atoms with Crippen molar-refractivity contribution in [3.05, 3.63) is 29.8 Å². The Hall–Kier alpha value is -1.56. The van der Waals surface area contributed by atoms with E-state index in [1.165, 1.54) is 4.90 Å². The molecule has 1 aliphatic rings. The van der Waals surface area contributed by atoms with E-state index in [0.717, 1.165) is 12.0 Å². The second-order valence-electron chi connectivity index (χ2n) is 5.35. The minimum Gasteiger partial charge on any atom is -0.484 e. The van der Waals surface area contributed by atoms with Crippen LogP contribution in [0.3, 0.4) is 0 Å². The highest BCUT2D eigenvalue weighted by molar-refractivity contribution is 7.91. The Bertz CT molecular complexity index is 612. The van der Waals surface area contributed by atoms with Crippen LogP contribution in [0.25, 0.3) is 0 Å². The topological polar surface area (TPSA) is 63.7 Å². The van der Waals surface area contributed by atoms with Gasteiger partial charge in [-0.1, -0.05) is 19.1 Å². The summed E-state index contributed by atoms with van der Waals surface area (Å²) in [5.74, 6) is 0.684. The van der Waals surface area contributed by atoms with Gasteiger partial charge in [-0.3, -0.25) is 4.79 Å². The number of ether oxygens (including phenoxy) is 1. The summed E-state index contributed by atoms with van der Waals surface area (Å²) in [5.41, 5.74) is 1.15. The molecule has 1 aromatic rings. The van der Waals surface area contributed by atoms with Crippen molar-refractivity contribution in [3.63, 3.8) is 0 Å². The molecule has 1 fully saturated rings. The van der Waals surface area contributed by atoms with Crippen LogP contribution in [0, 0.1) is 0 Å². The van der Waals surface area contributed by atoms with Crippen molar-refractivity contribution in [2.24, 2.45) is 0 Å². The Morgan fingerprint density at radius 1 is 1.43 bits per heavy atom. The third-order valence-electron chi connectivity index (χ3n) is 3.82. The van der Waals surface area contributed by atoms with Gasteiger partial charge in [-0.25, -0.2) is 8.42 Å². The predicted molar refractivity (Wildman–Crippen MR) is 81.1 cm³/mol. The van der Waals surface area contributed by atoms with Crippen LogP contribution in [0.15, 0.2) is 24.3 Å². The molecule has 0 N–H and O–H groups in total. The monoisotopic (exact) mass is 311 g/mol. The van der Waals surface area contributed by atoms with Crippen LogP contribution in [-0.4, -0.2) is 50.4 Å². The molecule has 0 saturated carbocycles. The van der Waals surface area contributed by atoms with Gasteiger partial charge in [0.1, 0.15) is 5.75 Å². The van der Waals surface area contributed by atoms with E-state index in [4.69, 9.17) is 4.74 Å². The highest BCUT2D eigenvalue weighted by atomic mass is 32.2. The van der Waals surface area contributed by atoms with E-state index in [1.807, 2.05) is 24.3 Å². The SMILES string of the molecule is CCc1cccc(OCC(=O)N(C)[C@@H]2CCS(=O)(=O)C2)c1. The van der Waals surface area contributed by atoms with Crippen molar-refractivity contribution in [2.75, 3.05) is 25.2 Å². The summed E-state index contributed by atoms with van der Waals surface area (Å²) in [5, 5.41) is 0. The number of benzene rings is 1. The molecular weight excluding hydrogens is 290 g/mol. The average molecular weight is 311 g/mol. The molecule has 1 aromatic carbocycles. The maximum atomic E-state index is 12.1. The minimum absolute atomic E-state index is 0.0561. The number of amides is 1. The molecule has 1 amide bonds. The normalized spacial score (nSPS) is 20.2. The lowest BCUT2D eigenvalue weighted by atomic mass is 10.2. The lowest BCUT2D eigenvalue weighted by molar-refractivity contribution is -0.133. The number of nitrogens with zero attached hydrogens (tertiary/aromatic N) is 1. The fraction of sp³-hybridized carbons (Fsp3) is 0.533. The summed E-state index contributed by atoms with van der Waals surface area (Å²) >= 11 is 0. The molecule has 1 heterocycles. The molecule has 2 rings (SSSR count). The number of sulfone groups is 1. The number of carbonyl (C=O) groups excluding carboxylic acids is 1. The molecule has 0 bridgehead atoms. The zero-order valence-electron chi connectivity index (χ0n) is 12.4. The number of hydrogen-bond donors (Lipinski definition) is 0. The molecule has 0 aromatic heterocycles. The van der Waals surface area contributed by atoms with Gasteiger partial charge in [0.25, 0.3) is 5.91 Å². The van der Waals surface area contributed by atoms with Crippen LogP contribution in [0.2, 0.25) is 0 Å². The summed E-state index contributed by atoms with van der Waals surface area (Å²) < 4.78 is 28.4. The fourth-order valence-electron chi connectivity index (χ4n) is 2.39. The molecule has 1 saturated heterocycles. The highest BCUT2D eigenvalue weighted by Crippen LogP contribution is 2.17. The van der Waals surface area contributed by atoms with E-state index in [9.17, 15) is 13.2 Å². The zero-order chi connectivity index (χ0) is 15.5. The smallest absolute Gasteiger partial charge is 0.260 e. The highest BCUT2D eigenvalue weighted by Gasteiger charge is 2.32. The van der Waals surface area contributed by atoms with Crippen molar-refractivity contribution >= 4 is 15.7 Å². The van der Waals surface area contributed by atoms with E-state index in [1.54, 1.807) is 7.05 Å². The molecule has 5 nitrogen and oxygen atoms in total. The second kappa shape index (κ2) is 6.47. The van der Waals surface area contributed by atoms with Gasteiger partial charge in [-0.15, -0.1) is 0 Å². The number of aryl methyl sites for hydroxylation is 1. The lowest BCUT2D eigenvalue weighted by Crippen LogP contribution is -2.40. The zero-order valence-corrected chi connectivity index (χ0v) is 13.2. The Morgan fingerprint density at radius 2 is 2.19 bits per heavy atom. The molecule has 0 radical (unpaired) electrons. The van der Waals surface area contributed by atoms with Crippen molar-refractivity contribution in [2.45, 2.75) is 25.8 Å². The van der Waals surface area contributed by atoms with Gasteiger partial charge in [0.2, 0.25) is 0 Å². The van der Waals surface area contributed by atoms with Crippen molar-refractivity contribution in [3.8, 4) is 5.75 Å². The average Bonchev–Trinajstić information content (AvgIpc) is 2.84. The third-order valence-corrected chi connectivity index (χ3v) is 5.57. The third kappa shape index (κ3) is 4.20. The van der Waals surface area contributed by atoms with Crippen LogP contribution in [0.4, 0.5) is 0 Å². The molecule has 0 unspecified atom stereocenters. The molecule has 116 valence electrons. The van der Waals surface area contributed by atoms with Crippen LogP contribution < -0.4 is 4.74 Å². The molecular formula is C15H21NO4S. The Kier molecular flexibility index (Phi) is 4.88. The minimum atomic E-state index is -2.98. The summed E-state index contributed by atoms with van der Waals surface area (Å²) in [4.78, 5) is 13.6. The molecule has 1 atom stereocenters. The molecule has 21 heavy (non-hydrogen) atoms. The standard InChI is InChI=1S/C15H21NO4S/c1-3-12-5-4-6-14(9-12)20-10-15(17)16(2)13-7-8-21(18,19)11-13/h4-6,9,13H,3,7-8,10-11H2,1-2H3/t13-/m1/s1. The van der Waals surface area contributed by atoms with Crippen LogP contribution in [-0.2, 0) is 21.1 Å². The maximum Gasteiger partial charge on any atom is 0.260 e. The van der Waals surface area contributed by atoms with E-state index in [0.29, 0.717) is 12.2 Å². The first-order valence-electron chi connectivity index (χ1n) is 7.09. The number of rotatable bonds is 5. The van der Waals surface area contributed by atoms with E-state index >= 15 is 0 Å². The quantitative estimate of drug-likeness (QED) is 0.821. The van der Waals surface area contributed by atoms with Crippen LogP contribution in [0.5, 0.6) is 5.75 Å². The first-order valence-corrected chi connectivity index (χ1v) is 8.91. The number of likely N-dealkylation sites (N-methyl/N-ethyl adjacent to an activating group) is 1. The second-order valence-corrected chi connectivity index (χ2v) is 7.58. The van der Waals surface area contributed by atoms with Crippen LogP contribution >= 0.6 is 0 Å². The van der Waals surface area contributed by atoms with Gasteiger partial charge < -0.3 is 9.64 Å². The summed E-state index contributed by atoms with van der Waals surface area (Å²) in [6.07, 6.45) is 1.42. The van der Waals surface area contributed by atoms with Crippen molar-refractivity contribution in [1.82, 2.24) is 4.90 Å². The first kappa shape index (κ1) is 15.8. The van der Waals surface area contributed by atoms with Gasteiger partial charge in [-0.2, -0.15) is 0 Å². The van der Waals surface area contributed by atoms with E-state index < -0.39 is 9.84 Å². The van der Waals surface area contributed by atoms with Gasteiger partial charge >= 0.3 is 0 Å². The van der Waals surface area contributed by atoms with Gasteiger partial charge in [0.05, 0.1) is 11.5 Å². The Labute approximate surface area is 125 Å². The van der Waals surface area contributed by atoms with Gasteiger partial charge in [0.15, 0.2) is 16.4 Å². The summed E-state index contributed by atoms with van der Waals surface area (Å²) in [6, 6.07) is 7.39. The van der Waals surface area contributed by atoms with Gasteiger partial charge in [-0.05, 0) is 30.5 Å². The van der Waals surface area contributed by atoms with E-state index in [-0.39, 0.29) is 30.1 Å². The molecule has 6 heteroatoms. The number of carbonyl (C=O) groups is 1. The van der Waals surface area contributed by atoms with Crippen molar-refractivity contribution in [1.29, 1.82) is 0 Å².